The van der Waals surface area contributed by atoms with E-state index in [2.05, 4.69) is 5.32 Å². The Morgan fingerprint density at radius 1 is 1.26 bits per heavy atom. The molecular weight excluding hydrogens is 246 g/mol. The van der Waals surface area contributed by atoms with Gasteiger partial charge in [-0.3, -0.25) is 9.59 Å². The maximum absolute atomic E-state index is 12.0. The molecule has 0 radical (unpaired) electrons. The number of hydrogen-bond acceptors (Lipinski definition) is 3. The molecule has 0 saturated heterocycles. The molecule has 1 aromatic carbocycles. The first-order chi connectivity index (χ1) is 8.90. The predicted octanol–water partition coefficient (Wildman–Crippen LogP) is 2.12. The molecule has 2 rings (SSSR count). The molecule has 1 saturated carbocycles. The van der Waals surface area contributed by atoms with Crippen LogP contribution in [0.15, 0.2) is 12.1 Å². The van der Waals surface area contributed by atoms with Crippen LogP contribution in [-0.2, 0) is 9.59 Å². The summed E-state index contributed by atoms with van der Waals surface area (Å²) < 4.78 is 5.25. The Labute approximate surface area is 111 Å². The van der Waals surface area contributed by atoms with Crippen molar-refractivity contribution in [1.29, 1.82) is 0 Å². The average Bonchev–Trinajstić information content (AvgIpc) is 3.09. The molecule has 0 aliphatic heterocycles. The van der Waals surface area contributed by atoms with Gasteiger partial charge in [0.2, 0.25) is 5.91 Å². The molecule has 5 heteroatoms. The van der Waals surface area contributed by atoms with E-state index in [0.717, 1.165) is 16.9 Å². The molecule has 2 N–H and O–H groups in total. The highest BCUT2D eigenvalue weighted by molar-refractivity contribution is 6.10. The van der Waals surface area contributed by atoms with E-state index in [9.17, 15) is 9.59 Å². The number of hydrogen-bond donors (Lipinski definition) is 2. The van der Waals surface area contributed by atoms with Crippen LogP contribution < -0.4 is 10.1 Å². The van der Waals surface area contributed by atoms with Gasteiger partial charge < -0.3 is 15.2 Å². The third-order valence-electron chi connectivity index (χ3n) is 3.52. The van der Waals surface area contributed by atoms with Crippen LogP contribution in [0.4, 0.5) is 5.69 Å². The van der Waals surface area contributed by atoms with E-state index in [1.807, 2.05) is 13.8 Å². The van der Waals surface area contributed by atoms with Gasteiger partial charge in [0.1, 0.15) is 11.2 Å². The van der Waals surface area contributed by atoms with Gasteiger partial charge in [0, 0.05) is 5.69 Å². The van der Waals surface area contributed by atoms with Gasteiger partial charge in [-0.25, -0.2) is 0 Å². The van der Waals surface area contributed by atoms with Crippen LogP contribution in [0.5, 0.6) is 5.75 Å². The smallest absolute Gasteiger partial charge is 0.319 e. The molecule has 0 atom stereocenters. The largest absolute Gasteiger partial charge is 0.496 e. The molecule has 0 unspecified atom stereocenters. The SMILES string of the molecule is COc1c(C)cc(NC(=O)C2(C(=O)O)CC2)cc1C. The Hall–Kier alpha value is -2.04. The van der Waals surface area contributed by atoms with Crippen molar-refractivity contribution in [3.05, 3.63) is 23.3 Å². The molecule has 1 amide bonds. The summed E-state index contributed by atoms with van der Waals surface area (Å²) in [5.41, 5.74) is 1.19. The Bertz CT molecular complexity index is 523. The maximum atomic E-state index is 12.0. The van der Waals surface area contributed by atoms with Crippen LogP contribution in [0.25, 0.3) is 0 Å². The summed E-state index contributed by atoms with van der Waals surface area (Å²) in [6.45, 7) is 3.76. The molecule has 0 heterocycles. The zero-order valence-corrected chi connectivity index (χ0v) is 11.2. The van der Waals surface area contributed by atoms with Crippen LogP contribution in [0.3, 0.4) is 0 Å². The van der Waals surface area contributed by atoms with Gasteiger partial charge in [-0.15, -0.1) is 0 Å². The Morgan fingerprint density at radius 3 is 2.16 bits per heavy atom. The highest BCUT2D eigenvalue weighted by atomic mass is 16.5. The summed E-state index contributed by atoms with van der Waals surface area (Å²) in [5, 5.41) is 11.7. The van der Waals surface area contributed by atoms with Crippen LogP contribution in [-0.4, -0.2) is 24.1 Å². The highest BCUT2D eigenvalue weighted by Crippen LogP contribution is 2.46. The topological polar surface area (TPSA) is 75.6 Å². The van der Waals surface area contributed by atoms with E-state index in [0.29, 0.717) is 18.5 Å². The summed E-state index contributed by atoms with van der Waals surface area (Å²) in [6.07, 6.45) is 0.810. The number of rotatable bonds is 4. The number of methoxy groups -OCH3 is 1. The summed E-state index contributed by atoms with van der Waals surface area (Å²) in [7, 11) is 1.59. The number of aryl methyl sites for hydroxylation is 2. The fourth-order valence-electron chi connectivity index (χ4n) is 2.26. The molecule has 102 valence electrons. The minimum absolute atomic E-state index is 0.405. The second-order valence-corrected chi connectivity index (χ2v) is 4.98. The number of benzene rings is 1. The van der Waals surface area contributed by atoms with Crippen LogP contribution >= 0.6 is 0 Å². The number of anilines is 1. The van der Waals surface area contributed by atoms with E-state index in [-0.39, 0.29) is 0 Å². The molecule has 5 nitrogen and oxygen atoms in total. The number of carboxylic acid groups (broad SMARTS) is 1. The van der Waals surface area contributed by atoms with Gasteiger partial charge in [0.15, 0.2) is 0 Å². The number of carbonyl (C=O) groups excluding carboxylic acids is 1. The molecule has 0 spiro atoms. The van der Waals surface area contributed by atoms with Crippen LogP contribution in [0, 0.1) is 19.3 Å². The number of carboxylic acids is 1. The van der Waals surface area contributed by atoms with Crippen molar-refractivity contribution < 1.29 is 19.4 Å². The predicted molar refractivity (Wildman–Crippen MR) is 70.4 cm³/mol. The number of aliphatic carboxylic acids is 1. The molecule has 0 aromatic heterocycles. The van der Waals surface area contributed by atoms with Gasteiger partial charge in [0.25, 0.3) is 0 Å². The van der Waals surface area contributed by atoms with Gasteiger partial charge in [-0.05, 0) is 49.9 Å². The average molecular weight is 263 g/mol. The monoisotopic (exact) mass is 263 g/mol. The normalized spacial score (nSPS) is 15.7. The molecular formula is C14H17NO4. The number of nitrogens with one attached hydrogen (secondary N) is 1. The van der Waals surface area contributed by atoms with Gasteiger partial charge in [-0.2, -0.15) is 0 Å². The molecule has 0 bridgehead atoms. The molecule has 19 heavy (non-hydrogen) atoms. The lowest BCUT2D eigenvalue weighted by atomic mass is 10.1. The maximum Gasteiger partial charge on any atom is 0.319 e. The third kappa shape index (κ3) is 2.28. The lowest BCUT2D eigenvalue weighted by Crippen LogP contribution is -2.31. The van der Waals surface area contributed by atoms with Crippen molar-refractivity contribution in [3.63, 3.8) is 0 Å². The highest BCUT2D eigenvalue weighted by Gasteiger charge is 2.57. The van der Waals surface area contributed by atoms with Crippen molar-refractivity contribution in [2.75, 3.05) is 12.4 Å². The number of amides is 1. The summed E-state index contributed by atoms with van der Waals surface area (Å²) in [5.74, 6) is -0.715. The minimum Gasteiger partial charge on any atom is -0.496 e. The summed E-state index contributed by atoms with van der Waals surface area (Å²) in [4.78, 5) is 23.1. The first kappa shape index (κ1) is 13.4. The van der Waals surface area contributed by atoms with Gasteiger partial charge in [-0.1, -0.05) is 0 Å². The fourth-order valence-corrected chi connectivity index (χ4v) is 2.26. The molecule has 1 aliphatic rings. The van der Waals surface area contributed by atoms with Crippen molar-refractivity contribution in [2.24, 2.45) is 5.41 Å². The Kier molecular flexibility index (Phi) is 3.22. The fraction of sp³-hybridized carbons (Fsp3) is 0.429. The molecule has 1 fully saturated rings. The van der Waals surface area contributed by atoms with E-state index in [4.69, 9.17) is 9.84 Å². The number of ether oxygens (including phenoxy) is 1. The van der Waals surface area contributed by atoms with E-state index >= 15 is 0 Å². The van der Waals surface area contributed by atoms with E-state index in [1.54, 1.807) is 19.2 Å². The summed E-state index contributed by atoms with van der Waals surface area (Å²) >= 11 is 0. The zero-order valence-electron chi connectivity index (χ0n) is 11.2. The minimum atomic E-state index is -1.22. The molecule has 1 aromatic rings. The zero-order chi connectivity index (χ0) is 14.2. The lowest BCUT2D eigenvalue weighted by molar-refractivity contribution is -0.147. The second kappa shape index (κ2) is 4.57. The van der Waals surface area contributed by atoms with Crippen molar-refractivity contribution >= 4 is 17.6 Å². The first-order valence-corrected chi connectivity index (χ1v) is 6.11. The third-order valence-corrected chi connectivity index (χ3v) is 3.52. The van der Waals surface area contributed by atoms with Gasteiger partial charge >= 0.3 is 5.97 Å². The molecule has 1 aliphatic carbocycles. The van der Waals surface area contributed by atoms with E-state index in [1.165, 1.54) is 0 Å². The van der Waals surface area contributed by atoms with E-state index < -0.39 is 17.3 Å². The Morgan fingerprint density at radius 2 is 1.79 bits per heavy atom. The van der Waals surface area contributed by atoms with Crippen molar-refractivity contribution in [1.82, 2.24) is 0 Å². The van der Waals surface area contributed by atoms with Crippen molar-refractivity contribution in [3.8, 4) is 5.75 Å². The van der Waals surface area contributed by atoms with Crippen LogP contribution in [0.1, 0.15) is 24.0 Å². The number of carbonyl (C=O) groups is 2. The van der Waals surface area contributed by atoms with Crippen molar-refractivity contribution in [2.45, 2.75) is 26.7 Å². The standard InChI is InChI=1S/C14H17NO4/c1-8-6-10(7-9(2)11(8)19-3)15-12(16)14(4-5-14)13(17)18/h6-7H,4-5H2,1-3H3,(H,15,16)(H,17,18). The Balaban J connectivity index is 2.21. The van der Waals surface area contributed by atoms with Gasteiger partial charge in [0.05, 0.1) is 7.11 Å². The second-order valence-electron chi connectivity index (χ2n) is 4.98. The quantitative estimate of drug-likeness (QED) is 0.816. The first-order valence-electron chi connectivity index (χ1n) is 6.11. The lowest BCUT2D eigenvalue weighted by Gasteiger charge is -2.14. The summed E-state index contributed by atoms with van der Waals surface area (Å²) in [6, 6.07) is 3.56. The van der Waals surface area contributed by atoms with Crippen LogP contribution in [0.2, 0.25) is 0 Å².